The van der Waals surface area contributed by atoms with Crippen molar-refractivity contribution in [2.24, 2.45) is 5.73 Å². The van der Waals surface area contributed by atoms with E-state index in [1.165, 1.54) is 12.1 Å². The number of carbonyl (C=O) groups excluding carboxylic acids is 1. The Balaban J connectivity index is 2.35. The molecule has 0 radical (unpaired) electrons. The number of sulfonamides is 1. The molecule has 2 rings (SSSR count). The Morgan fingerprint density at radius 1 is 1.10 bits per heavy atom. The van der Waals surface area contributed by atoms with Crippen molar-refractivity contribution >= 4 is 31.9 Å². The zero-order valence-corrected chi connectivity index (χ0v) is 13.3. The Labute approximate surface area is 131 Å². The van der Waals surface area contributed by atoms with E-state index < -0.39 is 22.0 Å². The molecule has 1 amide bonds. The van der Waals surface area contributed by atoms with E-state index in [0.717, 1.165) is 0 Å². The van der Waals surface area contributed by atoms with Crippen molar-refractivity contribution in [1.82, 2.24) is 4.72 Å². The van der Waals surface area contributed by atoms with Gasteiger partial charge in [0, 0.05) is 4.47 Å². The zero-order chi connectivity index (χ0) is 15.5. The standard InChI is InChI=1S/C14H13BrN2O3S/c15-11-7-4-8-12(9-11)21(19,20)17-13(14(16)18)10-5-2-1-3-6-10/h1-9,13,17H,(H2,16,18). The fraction of sp³-hybridized carbons (Fsp3) is 0.0714. The van der Waals surface area contributed by atoms with Gasteiger partial charge in [0.05, 0.1) is 4.90 Å². The quantitative estimate of drug-likeness (QED) is 0.844. The van der Waals surface area contributed by atoms with Crippen LogP contribution in [0, 0.1) is 0 Å². The molecule has 2 aromatic rings. The molecule has 3 N–H and O–H groups in total. The fourth-order valence-electron chi connectivity index (χ4n) is 1.79. The van der Waals surface area contributed by atoms with Crippen molar-refractivity contribution in [2.75, 3.05) is 0 Å². The Morgan fingerprint density at radius 3 is 2.33 bits per heavy atom. The van der Waals surface area contributed by atoms with Gasteiger partial charge in [-0.05, 0) is 23.8 Å². The topological polar surface area (TPSA) is 89.3 Å². The number of halogens is 1. The number of hydrogen-bond donors (Lipinski definition) is 2. The van der Waals surface area contributed by atoms with Crippen molar-refractivity contribution in [3.8, 4) is 0 Å². The van der Waals surface area contributed by atoms with Crippen LogP contribution in [0.5, 0.6) is 0 Å². The van der Waals surface area contributed by atoms with Crippen LogP contribution in [0.15, 0.2) is 64.0 Å². The summed E-state index contributed by atoms with van der Waals surface area (Å²) in [6.07, 6.45) is 0. The first-order valence-corrected chi connectivity index (χ1v) is 8.30. The van der Waals surface area contributed by atoms with Crippen LogP contribution >= 0.6 is 15.9 Å². The first-order chi connectivity index (χ1) is 9.90. The van der Waals surface area contributed by atoms with Crippen molar-refractivity contribution in [3.05, 3.63) is 64.6 Å². The van der Waals surface area contributed by atoms with Crippen LogP contribution in [-0.4, -0.2) is 14.3 Å². The maximum Gasteiger partial charge on any atom is 0.241 e. The van der Waals surface area contributed by atoms with Crippen LogP contribution in [0.25, 0.3) is 0 Å². The molecule has 0 spiro atoms. The minimum Gasteiger partial charge on any atom is -0.368 e. The summed E-state index contributed by atoms with van der Waals surface area (Å²) in [4.78, 5) is 11.6. The van der Waals surface area contributed by atoms with Crippen molar-refractivity contribution in [3.63, 3.8) is 0 Å². The van der Waals surface area contributed by atoms with E-state index in [0.29, 0.717) is 10.0 Å². The van der Waals surface area contributed by atoms with Gasteiger partial charge in [-0.1, -0.05) is 52.3 Å². The molecule has 0 fully saturated rings. The molecule has 0 saturated carbocycles. The van der Waals surface area contributed by atoms with Crippen LogP contribution in [0.3, 0.4) is 0 Å². The molecule has 7 heteroatoms. The molecule has 0 heterocycles. The molecule has 0 aliphatic rings. The first kappa shape index (κ1) is 15.7. The summed E-state index contributed by atoms with van der Waals surface area (Å²) in [5, 5.41) is 0. The number of primary amides is 1. The Kier molecular flexibility index (Phi) is 4.76. The molecule has 5 nitrogen and oxygen atoms in total. The molecule has 0 aliphatic carbocycles. The van der Waals surface area contributed by atoms with Gasteiger partial charge >= 0.3 is 0 Å². The average Bonchev–Trinajstić information content (AvgIpc) is 2.45. The van der Waals surface area contributed by atoms with Crippen LogP contribution in [0.1, 0.15) is 11.6 Å². The van der Waals surface area contributed by atoms with Crippen molar-refractivity contribution in [1.29, 1.82) is 0 Å². The molecule has 1 atom stereocenters. The second-order valence-electron chi connectivity index (χ2n) is 4.32. The van der Waals surface area contributed by atoms with E-state index in [2.05, 4.69) is 20.7 Å². The van der Waals surface area contributed by atoms with Crippen LogP contribution in [0.2, 0.25) is 0 Å². The van der Waals surface area contributed by atoms with E-state index in [4.69, 9.17) is 5.73 Å². The molecule has 0 saturated heterocycles. The highest BCUT2D eigenvalue weighted by Gasteiger charge is 2.25. The molecule has 21 heavy (non-hydrogen) atoms. The molecular weight excluding hydrogens is 356 g/mol. The lowest BCUT2D eigenvalue weighted by Crippen LogP contribution is -2.37. The molecule has 0 aromatic heterocycles. The number of amides is 1. The number of benzene rings is 2. The van der Waals surface area contributed by atoms with Crippen molar-refractivity contribution < 1.29 is 13.2 Å². The van der Waals surface area contributed by atoms with Gasteiger partial charge in [-0.3, -0.25) is 4.79 Å². The average molecular weight is 369 g/mol. The molecule has 0 bridgehead atoms. The minimum absolute atomic E-state index is 0.0547. The predicted octanol–water partition coefficient (Wildman–Crippen LogP) is 1.95. The van der Waals surface area contributed by atoms with E-state index in [1.54, 1.807) is 42.5 Å². The third-order valence-corrected chi connectivity index (χ3v) is 4.71. The van der Waals surface area contributed by atoms with E-state index in [-0.39, 0.29) is 4.90 Å². The van der Waals surface area contributed by atoms with Gasteiger partial charge in [-0.25, -0.2) is 8.42 Å². The summed E-state index contributed by atoms with van der Waals surface area (Å²) in [5.41, 5.74) is 5.80. The van der Waals surface area contributed by atoms with Gasteiger partial charge in [0.1, 0.15) is 6.04 Å². The first-order valence-electron chi connectivity index (χ1n) is 6.02. The SMILES string of the molecule is NC(=O)C(NS(=O)(=O)c1cccc(Br)c1)c1ccccc1. The number of nitrogens with two attached hydrogens (primary N) is 1. The lowest BCUT2D eigenvalue weighted by Gasteiger charge is -2.16. The number of nitrogens with one attached hydrogen (secondary N) is 1. The smallest absolute Gasteiger partial charge is 0.241 e. The van der Waals surface area contributed by atoms with E-state index in [1.807, 2.05) is 0 Å². The maximum absolute atomic E-state index is 12.3. The maximum atomic E-state index is 12.3. The second-order valence-corrected chi connectivity index (χ2v) is 6.95. The summed E-state index contributed by atoms with van der Waals surface area (Å²) in [6, 6.07) is 13.5. The third kappa shape index (κ3) is 3.90. The van der Waals surface area contributed by atoms with Gasteiger partial charge in [0.2, 0.25) is 15.9 Å². The fourth-order valence-corrected chi connectivity index (χ4v) is 3.58. The van der Waals surface area contributed by atoms with Crippen molar-refractivity contribution in [2.45, 2.75) is 10.9 Å². The summed E-state index contributed by atoms with van der Waals surface area (Å²) < 4.78 is 27.6. The lowest BCUT2D eigenvalue weighted by atomic mass is 10.1. The predicted molar refractivity (Wildman–Crippen MR) is 82.8 cm³/mol. The third-order valence-electron chi connectivity index (χ3n) is 2.80. The monoisotopic (exact) mass is 368 g/mol. The highest BCUT2D eigenvalue weighted by Crippen LogP contribution is 2.19. The Morgan fingerprint density at radius 2 is 1.76 bits per heavy atom. The minimum atomic E-state index is -3.86. The zero-order valence-electron chi connectivity index (χ0n) is 10.9. The highest BCUT2D eigenvalue weighted by molar-refractivity contribution is 9.10. The van der Waals surface area contributed by atoms with Crippen LogP contribution in [-0.2, 0) is 14.8 Å². The van der Waals surface area contributed by atoms with Gasteiger partial charge in [0.25, 0.3) is 0 Å². The van der Waals surface area contributed by atoms with Gasteiger partial charge in [-0.2, -0.15) is 4.72 Å². The Hall–Kier alpha value is -1.70. The van der Waals surface area contributed by atoms with Crippen LogP contribution in [0.4, 0.5) is 0 Å². The number of hydrogen-bond acceptors (Lipinski definition) is 3. The van der Waals surface area contributed by atoms with Gasteiger partial charge in [-0.15, -0.1) is 0 Å². The molecule has 0 aliphatic heterocycles. The van der Waals surface area contributed by atoms with Crippen LogP contribution < -0.4 is 10.5 Å². The van der Waals surface area contributed by atoms with Gasteiger partial charge in [0.15, 0.2) is 0 Å². The number of rotatable bonds is 5. The molecule has 1 unspecified atom stereocenters. The highest BCUT2D eigenvalue weighted by atomic mass is 79.9. The second kappa shape index (κ2) is 6.38. The summed E-state index contributed by atoms with van der Waals surface area (Å²) in [7, 11) is -3.86. The van der Waals surface area contributed by atoms with E-state index in [9.17, 15) is 13.2 Å². The molecule has 2 aromatic carbocycles. The molecule has 110 valence electrons. The number of carbonyl (C=O) groups is 1. The Bertz CT molecular complexity index is 748. The molecular formula is C14H13BrN2O3S. The summed E-state index contributed by atoms with van der Waals surface area (Å²) in [6.45, 7) is 0. The largest absolute Gasteiger partial charge is 0.368 e. The van der Waals surface area contributed by atoms with E-state index >= 15 is 0 Å². The lowest BCUT2D eigenvalue weighted by molar-refractivity contribution is -0.119. The summed E-state index contributed by atoms with van der Waals surface area (Å²) >= 11 is 3.21. The normalized spacial score (nSPS) is 12.8. The summed E-state index contributed by atoms with van der Waals surface area (Å²) in [5.74, 6) is -0.764. The van der Waals surface area contributed by atoms with Gasteiger partial charge < -0.3 is 5.73 Å².